The Balaban J connectivity index is 2.61. The van der Waals surface area contributed by atoms with Gasteiger partial charge in [0.2, 0.25) is 0 Å². The molecule has 0 aliphatic carbocycles. The summed E-state index contributed by atoms with van der Waals surface area (Å²) in [5.74, 6) is 1.65. The molecular formula is C17H25NO2S. The number of rotatable bonds is 7. The normalized spacial score (nSPS) is 11.0. The summed E-state index contributed by atoms with van der Waals surface area (Å²) in [4.78, 5) is 12.1. The summed E-state index contributed by atoms with van der Waals surface area (Å²) in [7, 11) is 1.63. The molecule has 0 fully saturated rings. The van der Waals surface area contributed by atoms with Gasteiger partial charge < -0.3 is 10.1 Å². The van der Waals surface area contributed by atoms with Crippen LogP contribution in [0.5, 0.6) is 5.75 Å². The summed E-state index contributed by atoms with van der Waals surface area (Å²) in [5.41, 5.74) is 1.64. The third kappa shape index (κ3) is 6.25. The van der Waals surface area contributed by atoms with Crippen molar-refractivity contribution in [3.05, 3.63) is 42.0 Å². The molecule has 0 aliphatic heterocycles. The number of benzene rings is 1. The fourth-order valence-electron chi connectivity index (χ4n) is 1.86. The Labute approximate surface area is 132 Å². The van der Waals surface area contributed by atoms with E-state index in [1.165, 1.54) is 0 Å². The van der Waals surface area contributed by atoms with E-state index in [-0.39, 0.29) is 10.7 Å². The number of hydrogen-bond donors (Lipinski definition) is 1. The topological polar surface area (TPSA) is 38.3 Å². The SMILES string of the molecule is C=CCc1cc(C(=O)NCCSC(C)(C)C)ccc1OC. The largest absolute Gasteiger partial charge is 0.496 e. The van der Waals surface area contributed by atoms with Crippen molar-refractivity contribution < 1.29 is 9.53 Å². The molecule has 0 heterocycles. The predicted octanol–water partition coefficient (Wildman–Crippen LogP) is 3.69. The molecule has 4 heteroatoms. The van der Waals surface area contributed by atoms with Crippen LogP contribution < -0.4 is 10.1 Å². The average molecular weight is 307 g/mol. The highest BCUT2D eigenvalue weighted by molar-refractivity contribution is 8.00. The van der Waals surface area contributed by atoms with Crippen LogP contribution in [-0.4, -0.2) is 30.1 Å². The minimum absolute atomic E-state index is 0.0440. The molecule has 0 aromatic heterocycles. The van der Waals surface area contributed by atoms with Gasteiger partial charge in [-0.3, -0.25) is 4.79 Å². The second kappa shape index (κ2) is 8.13. The van der Waals surface area contributed by atoms with Crippen LogP contribution in [0.2, 0.25) is 0 Å². The third-order valence-corrected chi connectivity index (χ3v) is 4.10. The van der Waals surface area contributed by atoms with E-state index in [9.17, 15) is 4.79 Å². The maximum Gasteiger partial charge on any atom is 0.251 e. The zero-order valence-corrected chi connectivity index (χ0v) is 14.2. The molecule has 0 unspecified atom stereocenters. The molecule has 1 amide bonds. The zero-order chi connectivity index (χ0) is 15.9. The van der Waals surface area contributed by atoms with E-state index in [1.807, 2.05) is 23.9 Å². The molecule has 3 nitrogen and oxygen atoms in total. The molecule has 0 aliphatic rings. The monoisotopic (exact) mass is 307 g/mol. The highest BCUT2D eigenvalue weighted by atomic mass is 32.2. The lowest BCUT2D eigenvalue weighted by Gasteiger charge is -2.17. The lowest BCUT2D eigenvalue weighted by Crippen LogP contribution is -2.27. The van der Waals surface area contributed by atoms with Gasteiger partial charge in [-0.15, -0.1) is 6.58 Å². The van der Waals surface area contributed by atoms with Crippen LogP contribution in [0.1, 0.15) is 36.7 Å². The first-order valence-corrected chi connectivity index (χ1v) is 8.06. The number of ether oxygens (including phenoxy) is 1. The molecule has 0 saturated heterocycles. The molecule has 0 spiro atoms. The number of amides is 1. The Morgan fingerprint density at radius 3 is 2.71 bits per heavy atom. The smallest absolute Gasteiger partial charge is 0.251 e. The number of nitrogens with one attached hydrogen (secondary N) is 1. The molecular weight excluding hydrogens is 282 g/mol. The van der Waals surface area contributed by atoms with Crippen LogP contribution in [0, 0.1) is 0 Å². The Hall–Kier alpha value is -1.42. The van der Waals surface area contributed by atoms with Gasteiger partial charge in [-0.05, 0) is 30.2 Å². The third-order valence-electron chi connectivity index (χ3n) is 2.83. The van der Waals surface area contributed by atoms with Crippen LogP contribution in [0.4, 0.5) is 0 Å². The minimum Gasteiger partial charge on any atom is -0.496 e. The zero-order valence-electron chi connectivity index (χ0n) is 13.4. The Morgan fingerprint density at radius 2 is 2.14 bits per heavy atom. The number of hydrogen-bond acceptors (Lipinski definition) is 3. The highest BCUT2D eigenvalue weighted by Crippen LogP contribution is 2.22. The van der Waals surface area contributed by atoms with Crippen molar-refractivity contribution in [2.24, 2.45) is 0 Å². The summed E-state index contributed by atoms with van der Waals surface area (Å²) in [5, 5.41) is 2.95. The average Bonchev–Trinajstić information content (AvgIpc) is 2.42. The van der Waals surface area contributed by atoms with Crippen molar-refractivity contribution in [1.82, 2.24) is 5.32 Å². The van der Waals surface area contributed by atoms with Gasteiger partial charge in [-0.25, -0.2) is 0 Å². The molecule has 0 saturated carbocycles. The van der Waals surface area contributed by atoms with Gasteiger partial charge in [-0.1, -0.05) is 26.8 Å². The number of carbonyl (C=O) groups is 1. The first-order chi connectivity index (χ1) is 9.87. The van der Waals surface area contributed by atoms with Crippen molar-refractivity contribution in [2.75, 3.05) is 19.4 Å². The molecule has 116 valence electrons. The quantitative estimate of drug-likeness (QED) is 0.617. The molecule has 1 aromatic rings. The van der Waals surface area contributed by atoms with Gasteiger partial charge in [0, 0.05) is 22.6 Å². The summed E-state index contributed by atoms with van der Waals surface area (Å²) in [6.07, 6.45) is 2.49. The number of allylic oxidation sites excluding steroid dienone is 1. The van der Waals surface area contributed by atoms with Crippen molar-refractivity contribution in [1.29, 1.82) is 0 Å². The summed E-state index contributed by atoms with van der Waals surface area (Å²) in [6.45, 7) is 10.9. The van der Waals surface area contributed by atoms with Gasteiger partial charge in [0.1, 0.15) is 5.75 Å². The highest BCUT2D eigenvalue weighted by Gasteiger charge is 2.12. The van der Waals surface area contributed by atoms with Gasteiger partial charge in [0.25, 0.3) is 5.91 Å². The van der Waals surface area contributed by atoms with E-state index in [2.05, 4.69) is 32.7 Å². The van der Waals surface area contributed by atoms with Crippen LogP contribution >= 0.6 is 11.8 Å². The van der Waals surface area contributed by atoms with Crippen molar-refractivity contribution in [2.45, 2.75) is 31.9 Å². The second-order valence-electron chi connectivity index (χ2n) is 5.74. The van der Waals surface area contributed by atoms with E-state index in [4.69, 9.17) is 4.74 Å². The molecule has 0 atom stereocenters. The standard InChI is InChI=1S/C17H25NO2S/c1-6-7-13-12-14(8-9-15(13)20-5)16(19)18-10-11-21-17(2,3)4/h6,8-9,12H,1,7,10-11H2,2-5H3,(H,18,19). The van der Waals surface area contributed by atoms with Gasteiger partial charge in [-0.2, -0.15) is 11.8 Å². The van der Waals surface area contributed by atoms with Crippen LogP contribution in [0.25, 0.3) is 0 Å². The fraction of sp³-hybridized carbons (Fsp3) is 0.471. The summed E-state index contributed by atoms with van der Waals surface area (Å²) in [6, 6.07) is 5.49. The van der Waals surface area contributed by atoms with E-state index in [1.54, 1.807) is 19.3 Å². The Morgan fingerprint density at radius 1 is 1.43 bits per heavy atom. The summed E-state index contributed by atoms with van der Waals surface area (Å²) < 4.78 is 5.51. The Bertz CT molecular complexity index is 492. The van der Waals surface area contributed by atoms with Crippen molar-refractivity contribution in [3.8, 4) is 5.75 Å². The van der Waals surface area contributed by atoms with Crippen LogP contribution in [-0.2, 0) is 6.42 Å². The van der Waals surface area contributed by atoms with Crippen molar-refractivity contribution >= 4 is 17.7 Å². The van der Waals surface area contributed by atoms with E-state index >= 15 is 0 Å². The van der Waals surface area contributed by atoms with Gasteiger partial charge in [0.15, 0.2) is 0 Å². The first kappa shape index (κ1) is 17.6. The van der Waals surface area contributed by atoms with Crippen LogP contribution in [0.3, 0.4) is 0 Å². The molecule has 0 radical (unpaired) electrons. The molecule has 1 aromatic carbocycles. The van der Waals surface area contributed by atoms with Crippen LogP contribution in [0.15, 0.2) is 30.9 Å². The maximum absolute atomic E-state index is 12.1. The van der Waals surface area contributed by atoms with E-state index in [0.717, 1.165) is 17.1 Å². The minimum atomic E-state index is -0.0440. The molecule has 1 N–H and O–H groups in total. The summed E-state index contributed by atoms with van der Waals surface area (Å²) >= 11 is 1.84. The maximum atomic E-state index is 12.1. The molecule has 1 rings (SSSR count). The fourth-order valence-corrected chi connectivity index (χ4v) is 2.68. The number of thioether (sulfide) groups is 1. The first-order valence-electron chi connectivity index (χ1n) is 7.07. The van der Waals surface area contributed by atoms with Gasteiger partial charge >= 0.3 is 0 Å². The lowest BCUT2D eigenvalue weighted by atomic mass is 10.1. The predicted molar refractivity (Wildman–Crippen MR) is 91.4 cm³/mol. The number of methoxy groups -OCH3 is 1. The Kier molecular flexibility index (Phi) is 6.82. The second-order valence-corrected chi connectivity index (χ2v) is 7.66. The molecule has 0 bridgehead atoms. The van der Waals surface area contributed by atoms with Crippen molar-refractivity contribution in [3.63, 3.8) is 0 Å². The van der Waals surface area contributed by atoms with E-state index in [0.29, 0.717) is 18.5 Å². The molecule has 21 heavy (non-hydrogen) atoms. The van der Waals surface area contributed by atoms with Gasteiger partial charge in [0.05, 0.1) is 7.11 Å². The number of carbonyl (C=O) groups excluding carboxylic acids is 1. The lowest BCUT2D eigenvalue weighted by molar-refractivity contribution is 0.0956. The van der Waals surface area contributed by atoms with E-state index < -0.39 is 0 Å².